The van der Waals surface area contributed by atoms with Crippen molar-refractivity contribution in [3.05, 3.63) is 32.7 Å². The van der Waals surface area contributed by atoms with Gasteiger partial charge in [-0.25, -0.2) is 0 Å². The van der Waals surface area contributed by atoms with Gasteiger partial charge in [-0.2, -0.15) is 0 Å². The van der Waals surface area contributed by atoms with E-state index in [0.717, 1.165) is 34.8 Å². The van der Waals surface area contributed by atoms with Gasteiger partial charge >= 0.3 is 0 Å². The molecule has 0 heterocycles. The molecule has 0 saturated heterocycles. The van der Waals surface area contributed by atoms with Crippen molar-refractivity contribution < 1.29 is 0 Å². The summed E-state index contributed by atoms with van der Waals surface area (Å²) in [5.41, 5.74) is 1.30. The van der Waals surface area contributed by atoms with E-state index < -0.39 is 0 Å². The van der Waals surface area contributed by atoms with Gasteiger partial charge in [0.15, 0.2) is 0 Å². The number of hydrogen-bond acceptors (Lipinski definition) is 1. The summed E-state index contributed by atoms with van der Waals surface area (Å²) in [6.07, 6.45) is 8.26. The fourth-order valence-corrected chi connectivity index (χ4v) is 3.15. The topological polar surface area (TPSA) is 12.0 Å². The summed E-state index contributed by atoms with van der Waals surface area (Å²) < 4.78 is 2.20. The standard InChI is InChI=1S/C14H17Br2N/c1-3-5-6-7-14(17-4-2)11-8-12(15)10-13(16)9-11/h1,8-10,14,17H,4-7H2,2H3. The highest BCUT2D eigenvalue weighted by Gasteiger charge is 2.10. The molecule has 1 unspecified atom stereocenters. The molecule has 0 radical (unpaired) electrons. The Balaban J connectivity index is 2.77. The molecule has 0 aliphatic carbocycles. The van der Waals surface area contributed by atoms with Crippen molar-refractivity contribution >= 4 is 31.9 Å². The van der Waals surface area contributed by atoms with E-state index in [1.807, 2.05) is 6.07 Å². The van der Waals surface area contributed by atoms with Gasteiger partial charge in [0.05, 0.1) is 0 Å². The molecule has 0 aliphatic rings. The average molecular weight is 359 g/mol. The molecule has 92 valence electrons. The molecule has 1 atom stereocenters. The molecule has 0 fully saturated rings. The van der Waals surface area contributed by atoms with E-state index in [1.165, 1.54) is 5.56 Å². The third kappa shape index (κ3) is 5.25. The molecule has 0 aliphatic heterocycles. The molecule has 1 rings (SSSR count). The van der Waals surface area contributed by atoms with E-state index in [1.54, 1.807) is 0 Å². The first-order valence-electron chi connectivity index (χ1n) is 5.80. The quantitative estimate of drug-likeness (QED) is 0.575. The summed E-state index contributed by atoms with van der Waals surface area (Å²) >= 11 is 7.05. The number of terminal acetylenes is 1. The van der Waals surface area contributed by atoms with Crippen LogP contribution in [0.15, 0.2) is 27.1 Å². The van der Waals surface area contributed by atoms with Gasteiger partial charge in [0.2, 0.25) is 0 Å². The molecule has 1 N–H and O–H groups in total. The number of halogens is 2. The Kier molecular flexibility index (Phi) is 6.87. The van der Waals surface area contributed by atoms with E-state index in [0.29, 0.717) is 6.04 Å². The third-order valence-electron chi connectivity index (χ3n) is 2.55. The summed E-state index contributed by atoms with van der Waals surface area (Å²) in [7, 11) is 0. The second-order valence-corrected chi connectivity index (χ2v) is 5.74. The van der Waals surface area contributed by atoms with Crippen LogP contribution in [-0.2, 0) is 0 Å². The highest BCUT2D eigenvalue weighted by atomic mass is 79.9. The molecular formula is C14H17Br2N. The molecule has 0 aromatic heterocycles. The monoisotopic (exact) mass is 357 g/mol. The lowest BCUT2D eigenvalue weighted by molar-refractivity contribution is 0.501. The predicted octanol–water partition coefficient (Wildman–Crippen LogP) is 4.67. The maximum atomic E-state index is 5.29. The molecular weight excluding hydrogens is 342 g/mol. The second kappa shape index (κ2) is 7.92. The van der Waals surface area contributed by atoms with Crippen molar-refractivity contribution in [2.45, 2.75) is 32.2 Å². The second-order valence-electron chi connectivity index (χ2n) is 3.91. The van der Waals surface area contributed by atoms with Gasteiger partial charge in [-0.3, -0.25) is 0 Å². The molecule has 17 heavy (non-hydrogen) atoms. The Hall–Kier alpha value is -0.300. The fourth-order valence-electron chi connectivity index (χ4n) is 1.82. The van der Waals surface area contributed by atoms with Gasteiger partial charge in [-0.1, -0.05) is 38.8 Å². The zero-order valence-corrected chi connectivity index (χ0v) is 13.1. The first-order chi connectivity index (χ1) is 8.17. The maximum absolute atomic E-state index is 5.29. The minimum Gasteiger partial charge on any atom is -0.310 e. The summed E-state index contributed by atoms with van der Waals surface area (Å²) in [6.45, 7) is 3.09. The van der Waals surface area contributed by atoms with Crippen molar-refractivity contribution in [2.75, 3.05) is 6.54 Å². The lowest BCUT2D eigenvalue weighted by Crippen LogP contribution is -2.20. The zero-order chi connectivity index (χ0) is 12.7. The van der Waals surface area contributed by atoms with Gasteiger partial charge in [0.25, 0.3) is 0 Å². The zero-order valence-electron chi connectivity index (χ0n) is 9.97. The lowest BCUT2D eigenvalue weighted by Gasteiger charge is -2.18. The van der Waals surface area contributed by atoms with Gasteiger partial charge in [-0.05, 0) is 43.1 Å². The Morgan fingerprint density at radius 2 is 1.94 bits per heavy atom. The van der Waals surface area contributed by atoms with Crippen LogP contribution in [0, 0.1) is 12.3 Å². The average Bonchev–Trinajstić information content (AvgIpc) is 2.27. The normalized spacial score (nSPS) is 12.1. The van der Waals surface area contributed by atoms with E-state index in [2.05, 4.69) is 62.2 Å². The molecule has 1 aromatic carbocycles. The van der Waals surface area contributed by atoms with Gasteiger partial charge < -0.3 is 5.32 Å². The highest BCUT2D eigenvalue weighted by molar-refractivity contribution is 9.11. The summed E-state index contributed by atoms with van der Waals surface area (Å²) in [5.74, 6) is 2.69. The van der Waals surface area contributed by atoms with Crippen LogP contribution in [-0.4, -0.2) is 6.54 Å². The van der Waals surface area contributed by atoms with Crippen LogP contribution in [0.1, 0.15) is 37.8 Å². The Morgan fingerprint density at radius 1 is 1.29 bits per heavy atom. The predicted molar refractivity (Wildman–Crippen MR) is 80.9 cm³/mol. The molecule has 1 aromatic rings. The van der Waals surface area contributed by atoms with Crippen LogP contribution in [0.5, 0.6) is 0 Å². The van der Waals surface area contributed by atoms with Crippen LogP contribution in [0.2, 0.25) is 0 Å². The highest BCUT2D eigenvalue weighted by Crippen LogP contribution is 2.26. The van der Waals surface area contributed by atoms with Crippen LogP contribution in [0.25, 0.3) is 0 Å². The van der Waals surface area contributed by atoms with Crippen molar-refractivity contribution in [1.82, 2.24) is 5.32 Å². The molecule has 0 amide bonds. The first-order valence-corrected chi connectivity index (χ1v) is 7.38. The number of benzene rings is 1. The maximum Gasteiger partial charge on any atom is 0.0321 e. The minimum absolute atomic E-state index is 0.377. The molecule has 3 heteroatoms. The summed E-state index contributed by atoms with van der Waals surface area (Å²) in [5, 5.41) is 3.50. The number of rotatable bonds is 6. The van der Waals surface area contributed by atoms with Crippen LogP contribution in [0.3, 0.4) is 0 Å². The lowest BCUT2D eigenvalue weighted by atomic mass is 10.0. The third-order valence-corrected chi connectivity index (χ3v) is 3.47. The minimum atomic E-state index is 0.377. The number of nitrogens with one attached hydrogen (secondary N) is 1. The molecule has 0 bridgehead atoms. The van der Waals surface area contributed by atoms with E-state index in [9.17, 15) is 0 Å². The van der Waals surface area contributed by atoms with Gasteiger partial charge in [0, 0.05) is 21.4 Å². The van der Waals surface area contributed by atoms with Crippen LogP contribution >= 0.6 is 31.9 Å². The Bertz CT molecular complexity index is 375. The van der Waals surface area contributed by atoms with E-state index in [4.69, 9.17) is 6.42 Å². The van der Waals surface area contributed by atoms with Crippen LogP contribution in [0.4, 0.5) is 0 Å². The number of unbranched alkanes of at least 4 members (excludes halogenated alkanes) is 1. The molecule has 0 spiro atoms. The SMILES string of the molecule is C#CCCCC(NCC)c1cc(Br)cc(Br)c1. The van der Waals surface area contributed by atoms with Crippen molar-refractivity contribution in [2.24, 2.45) is 0 Å². The van der Waals surface area contributed by atoms with E-state index >= 15 is 0 Å². The van der Waals surface area contributed by atoms with E-state index in [-0.39, 0.29) is 0 Å². The van der Waals surface area contributed by atoms with Crippen LogP contribution < -0.4 is 5.32 Å². The molecule has 1 nitrogen and oxygen atoms in total. The first kappa shape index (κ1) is 14.8. The van der Waals surface area contributed by atoms with Gasteiger partial charge in [-0.15, -0.1) is 12.3 Å². The fraction of sp³-hybridized carbons (Fsp3) is 0.429. The van der Waals surface area contributed by atoms with Gasteiger partial charge in [0.1, 0.15) is 0 Å². The Morgan fingerprint density at radius 3 is 2.47 bits per heavy atom. The summed E-state index contributed by atoms with van der Waals surface area (Å²) in [6, 6.07) is 6.75. The van der Waals surface area contributed by atoms with Crippen molar-refractivity contribution in [3.8, 4) is 12.3 Å². The van der Waals surface area contributed by atoms with Crippen molar-refractivity contribution in [3.63, 3.8) is 0 Å². The smallest absolute Gasteiger partial charge is 0.0321 e. The number of hydrogen-bond donors (Lipinski definition) is 1. The summed E-state index contributed by atoms with van der Waals surface area (Å²) in [4.78, 5) is 0. The Labute approximate surface area is 121 Å². The van der Waals surface area contributed by atoms with Crippen molar-refractivity contribution in [1.29, 1.82) is 0 Å². The molecule has 0 saturated carbocycles. The largest absolute Gasteiger partial charge is 0.310 e.